The van der Waals surface area contributed by atoms with Gasteiger partial charge in [0, 0.05) is 6.20 Å². The van der Waals surface area contributed by atoms with Crippen LogP contribution in [0.2, 0.25) is 0 Å². The summed E-state index contributed by atoms with van der Waals surface area (Å²) in [5.74, 6) is -2.97. The number of aromatic nitrogens is 1. The summed E-state index contributed by atoms with van der Waals surface area (Å²) in [7, 11) is -4.75. The SMILES string of the molecule is Nc1cc(S(=O)(=O)c2ccc(C(F)(F)F)cc2F)cnc1C(=O)NC[C@@H](O)C(F)(F)F. The van der Waals surface area contributed by atoms with E-state index in [0.29, 0.717) is 24.4 Å². The molecule has 2 rings (SSSR count). The molecule has 0 bridgehead atoms. The van der Waals surface area contributed by atoms with Gasteiger partial charge in [-0.15, -0.1) is 0 Å². The van der Waals surface area contributed by atoms with Crippen LogP contribution in [0.4, 0.5) is 36.4 Å². The lowest BCUT2D eigenvalue weighted by Crippen LogP contribution is -2.41. The van der Waals surface area contributed by atoms with Gasteiger partial charge in [0.05, 0.1) is 22.7 Å². The molecule has 4 N–H and O–H groups in total. The van der Waals surface area contributed by atoms with Crippen molar-refractivity contribution in [1.82, 2.24) is 10.3 Å². The van der Waals surface area contributed by atoms with Crippen LogP contribution in [0.3, 0.4) is 0 Å². The highest BCUT2D eigenvalue weighted by atomic mass is 32.2. The summed E-state index contributed by atoms with van der Waals surface area (Å²) in [6.07, 6.45) is -12.3. The molecule has 1 aromatic heterocycles. The van der Waals surface area contributed by atoms with Crippen molar-refractivity contribution in [3.05, 3.63) is 47.5 Å². The van der Waals surface area contributed by atoms with Crippen molar-refractivity contribution in [2.24, 2.45) is 0 Å². The first-order chi connectivity index (χ1) is 14.0. The number of pyridine rings is 1. The molecule has 0 unspecified atom stereocenters. The van der Waals surface area contributed by atoms with Gasteiger partial charge in [-0.05, 0) is 24.3 Å². The number of hydrogen-bond acceptors (Lipinski definition) is 6. The quantitative estimate of drug-likeness (QED) is 0.571. The van der Waals surface area contributed by atoms with Crippen molar-refractivity contribution in [2.75, 3.05) is 12.3 Å². The Morgan fingerprint density at radius 2 is 1.77 bits per heavy atom. The van der Waals surface area contributed by atoms with Gasteiger partial charge in [-0.2, -0.15) is 26.3 Å². The van der Waals surface area contributed by atoms with Crippen LogP contribution in [0.15, 0.2) is 40.3 Å². The number of anilines is 1. The number of hydrogen-bond donors (Lipinski definition) is 3. The number of sulfone groups is 1. The lowest BCUT2D eigenvalue weighted by atomic mass is 10.2. The predicted molar refractivity (Wildman–Crippen MR) is 89.9 cm³/mol. The Balaban J connectivity index is 2.31. The van der Waals surface area contributed by atoms with Gasteiger partial charge in [-0.3, -0.25) is 4.79 Å². The lowest BCUT2D eigenvalue weighted by molar-refractivity contribution is -0.201. The maximum Gasteiger partial charge on any atom is 0.416 e. The van der Waals surface area contributed by atoms with Crippen molar-refractivity contribution in [1.29, 1.82) is 0 Å². The van der Waals surface area contributed by atoms with Gasteiger partial charge in [-0.25, -0.2) is 17.8 Å². The molecule has 0 aliphatic rings. The normalized spacial score (nSPS) is 13.7. The second-order valence-corrected chi connectivity index (χ2v) is 7.94. The second kappa shape index (κ2) is 8.30. The predicted octanol–water partition coefficient (Wildman–Crippen LogP) is 2.31. The smallest absolute Gasteiger partial charge is 0.397 e. The standard InChI is InChI=1S/C16H12F7N3O4S/c17-9-3-7(15(18,19)20)1-2-11(9)31(29,30)8-4-10(24)13(25-5-8)14(28)26-6-12(27)16(21,22)23/h1-5,12,27H,6,24H2,(H,26,28)/t12-/m1/s1. The number of amides is 1. The minimum Gasteiger partial charge on any atom is -0.397 e. The fraction of sp³-hybridized carbons (Fsp3) is 0.250. The van der Waals surface area contributed by atoms with Gasteiger partial charge in [0.2, 0.25) is 9.84 Å². The number of carbonyl (C=O) groups excluding carboxylic acids is 1. The average Bonchev–Trinajstić information content (AvgIpc) is 2.63. The van der Waals surface area contributed by atoms with Gasteiger partial charge < -0.3 is 16.2 Å². The van der Waals surface area contributed by atoms with E-state index in [9.17, 15) is 43.9 Å². The zero-order valence-electron chi connectivity index (χ0n) is 14.9. The average molecular weight is 475 g/mol. The molecule has 170 valence electrons. The minimum absolute atomic E-state index is 0.0164. The van der Waals surface area contributed by atoms with Crippen molar-refractivity contribution in [3.8, 4) is 0 Å². The molecule has 15 heteroatoms. The largest absolute Gasteiger partial charge is 0.416 e. The van der Waals surface area contributed by atoms with Gasteiger partial charge in [0.15, 0.2) is 11.8 Å². The summed E-state index contributed by atoms with van der Waals surface area (Å²) in [5, 5.41) is 10.5. The maximum atomic E-state index is 14.0. The van der Waals surface area contributed by atoms with E-state index in [1.54, 1.807) is 5.32 Å². The number of carbonyl (C=O) groups is 1. The number of benzene rings is 1. The summed E-state index contributed by atoms with van der Waals surface area (Å²) in [6, 6.07) is 1.36. The van der Waals surface area contributed by atoms with Gasteiger partial charge >= 0.3 is 12.4 Å². The second-order valence-electron chi connectivity index (χ2n) is 6.02. The molecule has 0 spiro atoms. The van der Waals surface area contributed by atoms with Crippen molar-refractivity contribution >= 4 is 21.4 Å². The monoisotopic (exact) mass is 475 g/mol. The van der Waals surface area contributed by atoms with Crippen LogP contribution in [0, 0.1) is 5.82 Å². The summed E-state index contributed by atoms with van der Waals surface area (Å²) in [6.45, 7) is -1.24. The molecule has 0 radical (unpaired) electrons. The van der Waals surface area contributed by atoms with E-state index >= 15 is 0 Å². The Morgan fingerprint density at radius 1 is 1.16 bits per heavy atom. The molecule has 1 aromatic carbocycles. The first-order valence-electron chi connectivity index (χ1n) is 7.95. The van der Waals surface area contributed by atoms with Crippen molar-refractivity contribution in [3.63, 3.8) is 0 Å². The summed E-state index contributed by atoms with van der Waals surface area (Å²) in [4.78, 5) is 13.4. The van der Waals surface area contributed by atoms with E-state index in [1.807, 2.05) is 0 Å². The van der Waals surface area contributed by atoms with Crippen LogP contribution in [0.1, 0.15) is 16.1 Å². The summed E-state index contributed by atoms with van der Waals surface area (Å²) < 4.78 is 114. The number of halogens is 7. The number of nitrogens with zero attached hydrogens (tertiary/aromatic N) is 1. The molecule has 1 heterocycles. The first-order valence-corrected chi connectivity index (χ1v) is 9.43. The molecular weight excluding hydrogens is 463 g/mol. The fourth-order valence-electron chi connectivity index (χ4n) is 2.21. The molecule has 1 atom stereocenters. The van der Waals surface area contributed by atoms with E-state index < -0.39 is 73.3 Å². The van der Waals surface area contributed by atoms with Crippen molar-refractivity contribution in [2.45, 2.75) is 28.2 Å². The van der Waals surface area contributed by atoms with Crippen LogP contribution < -0.4 is 11.1 Å². The molecule has 1 amide bonds. The van der Waals surface area contributed by atoms with Crippen LogP contribution in [-0.4, -0.2) is 43.2 Å². The molecule has 2 aromatic rings. The Morgan fingerprint density at radius 3 is 2.26 bits per heavy atom. The molecule has 0 fully saturated rings. The number of rotatable bonds is 5. The molecule has 0 aliphatic carbocycles. The fourth-order valence-corrected chi connectivity index (χ4v) is 3.50. The topological polar surface area (TPSA) is 122 Å². The highest BCUT2D eigenvalue weighted by Gasteiger charge is 2.38. The zero-order chi connectivity index (χ0) is 23.8. The summed E-state index contributed by atoms with van der Waals surface area (Å²) >= 11 is 0. The lowest BCUT2D eigenvalue weighted by Gasteiger charge is -2.15. The van der Waals surface area contributed by atoms with E-state index in [1.165, 1.54) is 0 Å². The Labute approximate surface area is 169 Å². The molecule has 0 saturated heterocycles. The van der Waals surface area contributed by atoms with Gasteiger partial charge in [0.25, 0.3) is 5.91 Å². The highest BCUT2D eigenvalue weighted by molar-refractivity contribution is 7.91. The molecule has 7 nitrogen and oxygen atoms in total. The van der Waals surface area contributed by atoms with Gasteiger partial charge in [0.1, 0.15) is 10.7 Å². The minimum atomic E-state index is -5.00. The first kappa shape index (κ1) is 24.3. The van der Waals surface area contributed by atoms with Crippen LogP contribution in [0.5, 0.6) is 0 Å². The van der Waals surface area contributed by atoms with Gasteiger partial charge in [-0.1, -0.05) is 0 Å². The molecule has 0 saturated carbocycles. The number of nitrogen functional groups attached to an aromatic ring is 1. The highest BCUT2D eigenvalue weighted by Crippen LogP contribution is 2.32. The molecule has 0 aliphatic heterocycles. The third-order valence-corrected chi connectivity index (χ3v) is 5.55. The Kier molecular flexibility index (Phi) is 6.51. The maximum absolute atomic E-state index is 14.0. The molecular formula is C16H12F7N3O4S. The molecule has 31 heavy (non-hydrogen) atoms. The Bertz CT molecular complexity index is 1100. The van der Waals surface area contributed by atoms with E-state index in [2.05, 4.69) is 4.98 Å². The summed E-state index contributed by atoms with van der Waals surface area (Å²) in [5.41, 5.74) is 2.75. The third kappa shape index (κ3) is 5.41. The number of aliphatic hydroxyl groups is 1. The number of alkyl halides is 6. The van der Waals surface area contributed by atoms with E-state index in [4.69, 9.17) is 10.8 Å². The van der Waals surface area contributed by atoms with Crippen LogP contribution >= 0.6 is 0 Å². The third-order valence-electron chi connectivity index (χ3n) is 3.80. The van der Waals surface area contributed by atoms with Crippen LogP contribution in [0.25, 0.3) is 0 Å². The van der Waals surface area contributed by atoms with E-state index in [0.717, 1.165) is 0 Å². The van der Waals surface area contributed by atoms with Crippen LogP contribution in [-0.2, 0) is 16.0 Å². The number of nitrogens with two attached hydrogens (primary N) is 1. The number of aliphatic hydroxyl groups excluding tert-OH is 1. The Hall–Kier alpha value is -2.94. The zero-order valence-corrected chi connectivity index (χ0v) is 15.7. The van der Waals surface area contributed by atoms with Crippen molar-refractivity contribution < 1.29 is 49.1 Å². The number of nitrogens with one attached hydrogen (secondary N) is 1. The van der Waals surface area contributed by atoms with E-state index in [-0.39, 0.29) is 6.07 Å².